The Morgan fingerprint density at radius 3 is 3.00 bits per heavy atom. The normalized spacial score (nSPS) is 12.4. The lowest BCUT2D eigenvalue weighted by Gasteiger charge is -2.01. The van der Waals surface area contributed by atoms with Crippen molar-refractivity contribution in [3.63, 3.8) is 0 Å². The Morgan fingerprint density at radius 2 is 2.55 bits per heavy atom. The van der Waals surface area contributed by atoms with Crippen molar-refractivity contribution in [3.05, 3.63) is 18.0 Å². The molecule has 1 aromatic rings. The van der Waals surface area contributed by atoms with Crippen LogP contribution in [-0.2, 0) is 0 Å². The molecule has 1 aromatic heterocycles. The van der Waals surface area contributed by atoms with Gasteiger partial charge in [0.1, 0.15) is 5.75 Å². The Morgan fingerprint density at radius 1 is 1.82 bits per heavy atom. The number of rotatable bonds is 2. The average molecular weight is 151 g/mol. The van der Waals surface area contributed by atoms with E-state index in [-0.39, 0.29) is 18.2 Å². The number of hydrogen-bond acceptors (Lipinski definition) is 3. The summed E-state index contributed by atoms with van der Waals surface area (Å²) in [6.45, 7) is 0. The molecule has 1 heterocycles. The van der Waals surface area contributed by atoms with Crippen molar-refractivity contribution in [2.45, 2.75) is 12.5 Å². The largest absolute Gasteiger partial charge is 0.506 e. The topological polar surface area (TPSA) is 85.8 Å². The van der Waals surface area contributed by atoms with Crippen molar-refractivity contribution in [1.29, 1.82) is 5.26 Å². The SMILES string of the molecule is N#CC[C@@H](N)c1cc(O)c[nH]1. The first kappa shape index (κ1) is 7.63. The second kappa shape index (κ2) is 3.08. The van der Waals surface area contributed by atoms with Gasteiger partial charge in [-0.1, -0.05) is 0 Å². The lowest BCUT2D eigenvalue weighted by molar-refractivity contribution is 0.476. The highest BCUT2D eigenvalue weighted by Crippen LogP contribution is 2.16. The molecule has 0 bridgehead atoms. The quantitative estimate of drug-likeness (QED) is 0.579. The highest BCUT2D eigenvalue weighted by molar-refractivity contribution is 5.23. The van der Waals surface area contributed by atoms with Gasteiger partial charge in [-0.05, 0) is 0 Å². The molecule has 1 atom stereocenters. The minimum absolute atomic E-state index is 0.147. The van der Waals surface area contributed by atoms with Crippen LogP contribution in [0, 0.1) is 11.3 Å². The molecule has 0 spiro atoms. The zero-order valence-electron chi connectivity index (χ0n) is 5.91. The molecular weight excluding hydrogens is 142 g/mol. The number of aromatic amines is 1. The van der Waals surface area contributed by atoms with Crippen LogP contribution in [0.2, 0.25) is 0 Å². The van der Waals surface area contributed by atoms with Crippen molar-refractivity contribution < 1.29 is 5.11 Å². The third-order valence-electron chi connectivity index (χ3n) is 1.40. The Labute approximate surface area is 64.3 Å². The summed E-state index contributed by atoms with van der Waals surface area (Å²) in [4.78, 5) is 2.76. The molecule has 0 aliphatic carbocycles. The van der Waals surface area contributed by atoms with Crippen molar-refractivity contribution in [2.75, 3.05) is 0 Å². The number of nitrogens with two attached hydrogens (primary N) is 1. The summed E-state index contributed by atoms with van der Waals surface area (Å²) in [5.41, 5.74) is 6.24. The van der Waals surface area contributed by atoms with Gasteiger partial charge in [0, 0.05) is 18.0 Å². The van der Waals surface area contributed by atoms with Gasteiger partial charge < -0.3 is 15.8 Å². The summed E-state index contributed by atoms with van der Waals surface area (Å²) < 4.78 is 0. The maximum atomic E-state index is 8.90. The maximum absolute atomic E-state index is 8.90. The molecule has 4 N–H and O–H groups in total. The van der Waals surface area contributed by atoms with Crippen LogP contribution < -0.4 is 5.73 Å². The standard InChI is InChI=1S/C7H9N3O/c8-2-1-6(9)7-3-5(11)4-10-7/h3-4,6,10-11H,1,9H2/t6-/m1/s1. The highest BCUT2D eigenvalue weighted by Gasteiger charge is 2.06. The van der Waals surface area contributed by atoms with E-state index in [4.69, 9.17) is 16.1 Å². The molecule has 0 unspecified atom stereocenters. The Hall–Kier alpha value is -1.47. The lowest BCUT2D eigenvalue weighted by Crippen LogP contribution is -2.09. The van der Waals surface area contributed by atoms with Crippen molar-refractivity contribution in [1.82, 2.24) is 4.98 Å². The van der Waals surface area contributed by atoms with E-state index in [2.05, 4.69) is 4.98 Å². The average Bonchev–Trinajstić information content (AvgIpc) is 2.36. The van der Waals surface area contributed by atoms with Crippen LogP contribution in [0.3, 0.4) is 0 Å². The number of nitrogens with one attached hydrogen (secondary N) is 1. The van der Waals surface area contributed by atoms with E-state index >= 15 is 0 Å². The third kappa shape index (κ3) is 1.72. The van der Waals surface area contributed by atoms with Crippen molar-refractivity contribution in [3.8, 4) is 11.8 Å². The Balaban J connectivity index is 2.70. The highest BCUT2D eigenvalue weighted by atomic mass is 16.3. The van der Waals surface area contributed by atoms with E-state index in [1.165, 1.54) is 12.3 Å². The molecule has 4 heteroatoms. The molecule has 0 saturated carbocycles. The fourth-order valence-corrected chi connectivity index (χ4v) is 0.822. The number of hydrogen-bond donors (Lipinski definition) is 3. The van der Waals surface area contributed by atoms with Gasteiger partial charge in [-0.2, -0.15) is 5.26 Å². The van der Waals surface area contributed by atoms with Gasteiger partial charge in [0.05, 0.1) is 18.5 Å². The monoisotopic (exact) mass is 151 g/mol. The van der Waals surface area contributed by atoms with Crippen LogP contribution in [0.25, 0.3) is 0 Å². The Bertz CT molecular complexity index is 273. The van der Waals surface area contributed by atoms with Crippen LogP contribution in [0.15, 0.2) is 12.3 Å². The molecule has 0 saturated heterocycles. The molecule has 11 heavy (non-hydrogen) atoms. The number of nitrogens with zero attached hydrogens (tertiary/aromatic N) is 1. The van der Waals surface area contributed by atoms with Crippen LogP contribution in [-0.4, -0.2) is 10.1 Å². The van der Waals surface area contributed by atoms with E-state index < -0.39 is 0 Å². The smallest absolute Gasteiger partial charge is 0.133 e. The first-order chi connectivity index (χ1) is 5.24. The summed E-state index contributed by atoms with van der Waals surface area (Å²) >= 11 is 0. The van der Waals surface area contributed by atoms with Gasteiger partial charge in [-0.15, -0.1) is 0 Å². The van der Waals surface area contributed by atoms with Gasteiger partial charge in [0.25, 0.3) is 0 Å². The zero-order chi connectivity index (χ0) is 8.27. The number of H-pyrrole nitrogens is 1. The summed E-state index contributed by atoms with van der Waals surface area (Å²) in [6, 6.07) is 3.13. The van der Waals surface area contributed by atoms with Crippen LogP contribution in [0.5, 0.6) is 5.75 Å². The van der Waals surface area contributed by atoms with Crippen LogP contribution in [0.4, 0.5) is 0 Å². The van der Waals surface area contributed by atoms with Crippen LogP contribution >= 0.6 is 0 Å². The zero-order valence-corrected chi connectivity index (χ0v) is 5.91. The number of nitriles is 1. The second-order valence-electron chi connectivity index (χ2n) is 2.28. The van der Waals surface area contributed by atoms with Crippen LogP contribution in [0.1, 0.15) is 18.2 Å². The minimum atomic E-state index is -0.333. The van der Waals surface area contributed by atoms with E-state index in [0.717, 1.165) is 0 Å². The summed E-state index contributed by atoms with van der Waals surface area (Å²) in [5.74, 6) is 0.147. The summed E-state index contributed by atoms with van der Waals surface area (Å²) in [5, 5.41) is 17.2. The third-order valence-corrected chi connectivity index (χ3v) is 1.40. The molecule has 0 aliphatic rings. The molecule has 0 aliphatic heterocycles. The molecule has 0 fully saturated rings. The van der Waals surface area contributed by atoms with E-state index in [0.29, 0.717) is 5.69 Å². The van der Waals surface area contributed by atoms with Gasteiger partial charge in [0.2, 0.25) is 0 Å². The van der Waals surface area contributed by atoms with E-state index in [9.17, 15) is 0 Å². The lowest BCUT2D eigenvalue weighted by atomic mass is 10.2. The predicted molar refractivity (Wildman–Crippen MR) is 39.6 cm³/mol. The van der Waals surface area contributed by atoms with E-state index in [1.807, 2.05) is 6.07 Å². The summed E-state index contributed by atoms with van der Waals surface area (Å²) in [6.07, 6.45) is 1.69. The second-order valence-corrected chi connectivity index (χ2v) is 2.28. The molecule has 4 nitrogen and oxygen atoms in total. The summed E-state index contributed by atoms with van der Waals surface area (Å²) in [7, 11) is 0. The van der Waals surface area contributed by atoms with Crippen molar-refractivity contribution >= 4 is 0 Å². The number of aromatic hydroxyl groups is 1. The minimum Gasteiger partial charge on any atom is -0.506 e. The first-order valence-electron chi connectivity index (χ1n) is 3.24. The molecule has 0 amide bonds. The van der Waals surface area contributed by atoms with Gasteiger partial charge >= 0.3 is 0 Å². The van der Waals surface area contributed by atoms with E-state index in [1.54, 1.807) is 0 Å². The number of aromatic nitrogens is 1. The fourth-order valence-electron chi connectivity index (χ4n) is 0.822. The fraction of sp³-hybridized carbons (Fsp3) is 0.286. The van der Waals surface area contributed by atoms with Crippen molar-refractivity contribution in [2.24, 2.45) is 5.73 Å². The molecular formula is C7H9N3O. The molecule has 1 rings (SSSR count). The van der Waals surface area contributed by atoms with Gasteiger partial charge in [-0.3, -0.25) is 0 Å². The first-order valence-corrected chi connectivity index (χ1v) is 3.24. The predicted octanol–water partition coefficient (Wildman–Crippen LogP) is 0.634. The maximum Gasteiger partial charge on any atom is 0.133 e. The molecule has 0 aromatic carbocycles. The van der Waals surface area contributed by atoms with Gasteiger partial charge in [-0.25, -0.2) is 0 Å². The van der Waals surface area contributed by atoms with Gasteiger partial charge in [0.15, 0.2) is 0 Å². The Kier molecular flexibility index (Phi) is 2.14. The molecule has 58 valence electrons. The molecule has 0 radical (unpaired) electrons.